The molecule has 0 atom stereocenters. The smallest absolute Gasteiger partial charge is 0.257 e. The van der Waals surface area contributed by atoms with Gasteiger partial charge in [-0.15, -0.1) is 0 Å². The maximum absolute atomic E-state index is 12.4. The number of carbonyl (C=O) groups is 1. The third-order valence-electron chi connectivity index (χ3n) is 4.60. The van der Waals surface area contributed by atoms with Gasteiger partial charge in [0.25, 0.3) is 5.91 Å². The summed E-state index contributed by atoms with van der Waals surface area (Å²) >= 11 is 17.3. The molecule has 4 rings (SSSR count). The van der Waals surface area contributed by atoms with Crippen molar-refractivity contribution in [2.24, 2.45) is 0 Å². The van der Waals surface area contributed by atoms with Crippen molar-refractivity contribution >= 4 is 63.2 Å². The zero-order valence-corrected chi connectivity index (χ0v) is 19.1. The van der Waals surface area contributed by atoms with Crippen LogP contribution >= 0.6 is 35.4 Å². The van der Waals surface area contributed by atoms with Crippen molar-refractivity contribution < 1.29 is 13.9 Å². The van der Waals surface area contributed by atoms with Crippen LogP contribution < -0.4 is 15.4 Å². The lowest BCUT2D eigenvalue weighted by atomic mass is 10.1. The summed E-state index contributed by atoms with van der Waals surface area (Å²) in [5.41, 5.74) is 3.54. The number of hydrogen-bond donors (Lipinski definition) is 2. The van der Waals surface area contributed by atoms with E-state index in [2.05, 4.69) is 15.6 Å². The third-order valence-corrected chi connectivity index (χ3v) is 5.34. The van der Waals surface area contributed by atoms with Crippen LogP contribution in [0, 0.1) is 0 Å². The number of anilines is 1. The lowest BCUT2D eigenvalue weighted by Crippen LogP contribution is -2.34. The minimum Gasteiger partial charge on any atom is -0.495 e. The minimum atomic E-state index is -0.375. The van der Waals surface area contributed by atoms with Crippen LogP contribution in [0.5, 0.6) is 5.75 Å². The Morgan fingerprint density at radius 2 is 1.88 bits per heavy atom. The second kappa shape index (κ2) is 9.56. The lowest BCUT2D eigenvalue weighted by molar-refractivity contribution is 0.0977. The molecule has 0 saturated carbocycles. The molecule has 0 bridgehead atoms. The van der Waals surface area contributed by atoms with Crippen molar-refractivity contribution in [3.8, 4) is 5.75 Å². The highest BCUT2D eigenvalue weighted by Gasteiger charge is 2.11. The van der Waals surface area contributed by atoms with Gasteiger partial charge < -0.3 is 14.5 Å². The summed E-state index contributed by atoms with van der Waals surface area (Å²) in [5.74, 6) is 0.717. The van der Waals surface area contributed by atoms with E-state index in [9.17, 15) is 4.79 Å². The fourth-order valence-electron chi connectivity index (χ4n) is 3.05. The molecule has 162 valence electrons. The Kier molecular flexibility index (Phi) is 6.60. The second-order valence-corrected chi connectivity index (χ2v) is 8.10. The molecule has 32 heavy (non-hydrogen) atoms. The van der Waals surface area contributed by atoms with Gasteiger partial charge in [0, 0.05) is 22.7 Å². The van der Waals surface area contributed by atoms with Crippen molar-refractivity contribution in [1.29, 1.82) is 0 Å². The highest BCUT2D eigenvalue weighted by molar-refractivity contribution is 7.80. The van der Waals surface area contributed by atoms with Crippen LogP contribution in [0.25, 0.3) is 11.1 Å². The van der Waals surface area contributed by atoms with Gasteiger partial charge in [0.2, 0.25) is 0 Å². The summed E-state index contributed by atoms with van der Waals surface area (Å²) in [6, 6.07) is 17.7. The standard InChI is InChI=1S/C23H17Cl2N3O3S/c1-30-19-8-4-14(11-17(19)25)22(29)28-23(32)26-16-6-2-13(3-7-16)10-21-27-18-12-15(24)5-9-20(18)31-21/h2-9,11-12H,10H2,1H3,(H2,26,28,29,32). The highest BCUT2D eigenvalue weighted by atomic mass is 35.5. The minimum absolute atomic E-state index is 0.172. The molecule has 0 fully saturated rings. The number of thiocarbonyl (C=S) groups is 1. The van der Waals surface area contributed by atoms with Crippen LogP contribution in [0.1, 0.15) is 21.8 Å². The van der Waals surface area contributed by atoms with Crippen LogP contribution in [-0.2, 0) is 6.42 Å². The van der Waals surface area contributed by atoms with Gasteiger partial charge in [0.1, 0.15) is 11.3 Å². The predicted octanol–water partition coefficient (Wildman–Crippen LogP) is 5.86. The number of carbonyl (C=O) groups excluding carboxylic acids is 1. The number of aromatic nitrogens is 1. The number of methoxy groups -OCH3 is 1. The normalized spacial score (nSPS) is 10.7. The van der Waals surface area contributed by atoms with Crippen LogP contribution in [0.15, 0.2) is 65.1 Å². The molecular weight excluding hydrogens is 469 g/mol. The SMILES string of the molecule is COc1ccc(C(=O)NC(=S)Nc2ccc(Cc3nc4cc(Cl)ccc4o3)cc2)cc1Cl. The Labute approximate surface area is 199 Å². The van der Waals surface area contributed by atoms with Gasteiger partial charge >= 0.3 is 0 Å². The predicted molar refractivity (Wildman–Crippen MR) is 130 cm³/mol. The lowest BCUT2D eigenvalue weighted by Gasteiger charge is -2.11. The molecule has 1 aromatic heterocycles. The molecular formula is C23H17Cl2N3O3S. The summed E-state index contributed by atoms with van der Waals surface area (Å²) in [5, 5.41) is 6.75. The molecule has 6 nitrogen and oxygen atoms in total. The molecule has 9 heteroatoms. The largest absolute Gasteiger partial charge is 0.495 e. The molecule has 1 heterocycles. The Bertz CT molecular complexity index is 1310. The number of benzene rings is 3. The van der Waals surface area contributed by atoms with Gasteiger partial charge in [0.05, 0.1) is 12.1 Å². The van der Waals surface area contributed by atoms with Crippen LogP contribution in [0.4, 0.5) is 5.69 Å². The van der Waals surface area contributed by atoms with Crippen LogP contribution in [-0.4, -0.2) is 23.1 Å². The number of rotatable bonds is 5. The van der Waals surface area contributed by atoms with E-state index in [1.54, 1.807) is 30.3 Å². The molecule has 0 spiro atoms. The molecule has 0 unspecified atom stereocenters. The van der Waals surface area contributed by atoms with E-state index in [1.165, 1.54) is 13.2 Å². The van der Waals surface area contributed by atoms with Crippen molar-refractivity contribution in [3.63, 3.8) is 0 Å². The Morgan fingerprint density at radius 1 is 1.09 bits per heavy atom. The van der Waals surface area contributed by atoms with Crippen molar-refractivity contribution in [3.05, 3.63) is 87.7 Å². The molecule has 0 radical (unpaired) electrons. The van der Waals surface area contributed by atoms with Crippen molar-refractivity contribution in [2.45, 2.75) is 6.42 Å². The Morgan fingerprint density at radius 3 is 2.59 bits per heavy atom. The first kappa shape index (κ1) is 22.1. The zero-order valence-electron chi connectivity index (χ0n) is 16.8. The summed E-state index contributed by atoms with van der Waals surface area (Å²) in [4.78, 5) is 16.9. The molecule has 0 aliphatic heterocycles. The fourth-order valence-corrected chi connectivity index (χ4v) is 3.68. The van der Waals surface area contributed by atoms with E-state index < -0.39 is 0 Å². The molecule has 3 aromatic carbocycles. The third kappa shape index (κ3) is 5.19. The maximum Gasteiger partial charge on any atom is 0.257 e. The van der Waals surface area contributed by atoms with Crippen molar-refractivity contribution in [2.75, 3.05) is 12.4 Å². The molecule has 0 aliphatic carbocycles. The fraction of sp³-hybridized carbons (Fsp3) is 0.0870. The number of ether oxygens (including phenoxy) is 1. The van der Waals surface area contributed by atoms with Crippen molar-refractivity contribution in [1.82, 2.24) is 10.3 Å². The van der Waals surface area contributed by atoms with Crippen LogP contribution in [0.3, 0.4) is 0 Å². The quantitative estimate of drug-likeness (QED) is 0.344. The zero-order chi connectivity index (χ0) is 22.7. The highest BCUT2D eigenvalue weighted by Crippen LogP contribution is 2.25. The van der Waals surface area contributed by atoms with E-state index in [1.807, 2.05) is 24.3 Å². The van der Waals surface area contributed by atoms with E-state index in [-0.39, 0.29) is 11.0 Å². The average molecular weight is 486 g/mol. The monoisotopic (exact) mass is 485 g/mol. The van der Waals surface area contributed by atoms with E-state index >= 15 is 0 Å². The van der Waals surface area contributed by atoms with Crippen LogP contribution in [0.2, 0.25) is 10.0 Å². The van der Waals surface area contributed by atoms with E-state index in [0.717, 1.165) is 16.8 Å². The Hall–Kier alpha value is -3.13. The van der Waals surface area contributed by atoms with Gasteiger partial charge in [-0.25, -0.2) is 4.98 Å². The molecule has 1 amide bonds. The van der Waals surface area contributed by atoms with E-state index in [0.29, 0.717) is 39.3 Å². The summed E-state index contributed by atoms with van der Waals surface area (Å²) < 4.78 is 10.8. The number of nitrogens with zero attached hydrogens (tertiary/aromatic N) is 1. The van der Waals surface area contributed by atoms with Gasteiger partial charge in [-0.2, -0.15) is 0 Å². The first-order chi connectivity index (χ1) is 15.4. The number of fused-ring (bicyclic) bond motifs is 1. The number of halogens is 2. The molecule has 2 N–H and O–H groups in total. The summed E-state index contributed by atoms with van der Waals surface area (Å²) in [6.07, 6.45) is 0.534. The summed E-state index contributed by atoms with van der Waals surface area (Å²) in [6.45, 7) is 0. The van der Waals surface area contributed by atoms with E-state index in [4.69, 9.17) is 44.6 Å². The van der Waals surface area contributed by atoms with Gasteiger partial charge in [-0.1, -0.05) is 35.3 Å². The first-order valence-corrected chi connectivity index (χ1v) is 10.7. The maximum atomic E-state index is 12.4. The topological polar surface area (TPSA) is 76.4 Å². The first-order valence-electron chi connectivity index (χ1n) is 9.51. The average Bonchev–Trinajstić information content (AvgIpc) is 3.16. The molecule has 4 aromatic rings. The number of amides is 1. The number of oxazole rings is 1. The van der Waals surface area contributed by atoms with Gasteiger partial charge in [-0.05, 0) is 66.3 Å². The summed E-state index contributed by atoms with van der Waals surface area (Å²) in [7, 11) is 1.51. The second-order valence-electron chi connectivity index (χ2n) is 6.85. The molecule has 0 aliphatic rings. The number of nitrogens with one attached hydrogen (secondary N) is 2. The molecule has 0 saturated heterocycles. The number of hydrogen-bond acceptors (Lipinski definition) is 5. The Balaban J connectivity index is 1.35. The van der Waals surface area contributed by atoms with Gasteiger partial charge in [0.15, 0.2) is 16.6 Å². The van der Waals surface area contributed by atoms with Gasteiger partial charge in [-0.3, -0.25) is 10.1 Å².